The topological polar surface area (TPSA) is 72.5 Å². The molecule has 6 heteroatoms. The van der Waals surface area contributed by atoms with Gasteiger partial charge in [0, 0.05) is 25.7 Å². The molecule has 0 fully saturated rings. The van der Waals surface area contributed by atoms with Gasteiger partial charge in [-0.15, -0.1) is 0 Å². The number of hydrogen-bond acceptors (Lipinski definition) is 5. The van der Waals surface area contributed by atoms with Crippen LogP contribution in [0.5, 0.6) is 0 Å². The van der Waals surface area contributed by atoms with Gasteiger partial charge in [0.1, 0.15) is 0 Å². The molecule has 0 bridgehead atoms. The molecule has 2 N–H and O–H groups in total. The summed E-state index contributed by atoms with van der Waals surface area (Å²) in [5.74, 6) is 0.0411. The van der Waals surface area contributed by atoms with E-state index in [2.05, 4.69) is 15.6 Å². The van der Waals surface area contributed by atoms with E-state index in [9.17, 15) is 4.79 Å². The Kier molecular flexibility index (Phi) is 9.35. The Morgan fingerprint density at radius 3 is 2.62 bits per heavy atom. The van der Waals surface area contributed by atoms with Gasteiger partial charge in [-0.1, -0.05) is 13.0 Å². The van der Waals surface area contributed by atoms with E-state index >= 15 is 0 Å². The molecule has 0 atom stereocenters. The largest absolute Gasteiger partial charge is 0.375 e. The van der Waals surface area contributed by atoms with Gasteiger partial charge in [0.25, 0.3) is 0 Å². The minimum atomic E-state index is 0.0411. The molecule has 1 heterocycles. The predicted molar refractivity (Wildman–Crippen MR) is 80.8 cm³/mol. The Morgan fingerprint density at radius 1 is 1.19 bits per heavy atom. The van der Waals surface area contributed by atoms with Crippen LogP contribution in [0.15, 0.2) is 18.3 Å². The van der Waals surface area contributed by atoms with Crippen LogP contribution in [0.1, 0.15) is 24.6 Å². The first kappa shape index (κ1) is 17.6. The zero-order valence-corrected chi connectivity index (χ0v) is 12.9. The van der Waals surface area contributed by atoms with E-state index in [-0.39, 0.29) is 5.91 Å². The molecular weight excluding hydrogens is 270 g/mol. The van der Waals surface area contributed by atoms with Crippen molar-refractivity contribution in [1.29, 1.82) is 0 Å². The average Bonchev–Trinajstić information content (AvgIpc) is 2.52. The number of nitrogens with zero attached hydrogens (tertiary/aromatic N) is 1. The van der Waals surface area contributed by atoms with Crippen LogP contribution in [0.2, 0.25) is 0 Å². The molecule has 0 spiro atoms. The maximum Gasteiger partial charge on any atom is 0.219 e. The van der Waals surface area contributed by atoms with Crippen LogP contribution in [-0.4, -0.2) is 44.2 Å². The molecule has 0 radical (unpaired) electrons. The van der Waals surface area contributed by atoms with Crippen LogP contribution in [0.4, 0.5) is 0 Å². The van der Waals surface area contributed by atoms with E-state index in [1.165, 1.54) is 0 Å². The second kappa shape index (κ2) is 11.2. The van der Waals surface area contributed by atoms with Crippen LogP contribution in [0.25, 0.3) is 0 Å². The molecule has 118 valence electrons. The minimum Gasteiger partial charge on any atom is -0.375 e. The van der Waals surface area contributed by atoms with Gasteiger partial charge in [-0.25, -0.2) is 0 Å². The summed E-state index contributed by atoms with van der Waals surface area (Å²) >= 11 is 0. The van der Waals surface area contributed by atoms with E-state index in [4.69, 9.17) is 9.47 Å². The van der Waals surface area contributed by atoms with E-state index in [1.54, 1.807) is 6.20 Å². The van der Waals surface area contributed by atoms with Gasteiger partial charge in [-0.2, -0.15) is 0 Å². The minimum absolute atomic E-state index is 0.0411. The van der Waals surface area contributed by atoms with Crippen LogP contribution >= 0.6 is 0 Å². The van der Waals surface area contributed by atoms with Crippen molar-refractivity contribution in [2.45, 2.75) is 26.6 Å². The van der Waals surface area contributed by atoms with Crippen LogP contribution in [-0.2, 0) is 27.5 Å². The normalized spacial score (nSPS) is 10.6. The fraction of sp³-hybridized carbons (Fsp3) is 0.600. The summed E-state index contributed by atoms with van der Waals surface area (Å²) in [6, 6.07) is 3.92. The van der Waals surface area contributed by atoms with Crippen LogP contribution in [0, 0.1) is 0 Å². The van der Waals surface area contributed by atoms with Crippen molar-refractivity contribution in [1.82, 2.24) is 15.6 Å². The van der Waals surface area contributed by atoms with Crippen molar-refractivity contribution in [2.75, 3.05) is 33.4 Å². The third-order valence-corrected chi connectivity index (χ3v) is 2.79. The smallest absolute Gasteiger partial charge is 0.219 e. The molecule has 1 rings (SSSR count). The molecule has 0 aliphatic heterocycles. The maximum atomic E-state index is 11.0. The van der Waals surface area contributed by atoms with Gasteiger partial charge in [0.05, 0.1) is 32.1 Å². The monoisotopic (exact) mass is 295 g/mol. The summed E-state index contributed by atoms with van der Waals surface area (Å²) in [4.78, 5) is 15.3. The molecule has 0 aromatic carbocycles. The van der Waals surface area contributed by atoms with Gasteiger partial charge in [0.15, 0.2) is 0 Å². The number of amides is 1. The van der Waals surface area contributed by atoms with E-state index in [0.29, 0.717) is 39.4 Å². The third kappa shape index (κ3) is 8.39. The lowest BCUT2D eigenvalue weighted by atomic mass is 10.2. The SMILES string of the molecule is CCC(=O)NCCOCc1ccc(COCCNC)cn1. The third-order valence-electron chi connectivity index (χ3n) is 2.79. The highest BCUT2D eigenvalue weighted by molar-refractivity contribution is 5.75. The number of hydrogen-bond donors (Lipinski definition) is 2. The highest BCUT2D eigenvalue weighted by atomic mass is 16.5. The molecule has 1 aromatic heterocycles. The molecule has 21 heavy (non-hydrogen) atoms. The van der Waals surface area contributed by atoms with Crippen LogP contribution < -0.4 is 10.6 Å². The molecule has 0 aliphatic carbocycles. The van der Waals surface area contributed by atoms with Crippen molar-refractivity contribution in [2.24, 2.45) is 0 Å². The zero-order valence-electron chi connectivity index (χ0n) is 12.9. The Hall–Kier alpha value is -1.50. The summed E-state index contributed by atoms with van der Waals surface area (Å²) in [5.41, 5.74) is 1.92. The number of aromatic nitrogens is 1. The summed E-state index contributed by atoms with van der Waals surface area (Å²) < 4.78 is 10.9. The number of nitrogens with one attached hydrogen (secondary N) is 2. The number of likely N-dealkylation sites (N-methyl/N-ethyl adjacent to an activating group) is 1. The number of pyridine rings is 1. The molecule has 0 unspecified atom stereocenters. The maximum absolute atomic E-state index is 11.0. The lowest BCUT2D eigenvalue weighted by Gasteiger charge is -2.07. The summed E-state index contributed by atoms with van der Waals surface area (Å²) in [5, 5.41) is 5.78. The second-order valence-corrected chi connectivity index (χ2v) is 4.57. The Balaban J connectivity index is 2.14. The summed E-state index contributed by atoms with van der Waals surface area (Å²) in [6.07, 6.45) is 2.30. The Labute approximate surface area is 126 Å². The van der Waals surface area contributed by atoms with Gasteiger partial charge in [0.2, 0.25) is 5.91 Å². The Bertz CT molecular complexity index is 396. The second-order valence-electron chi connectivity index (χ2n) is 4.57. The van der Waals surface area contributed by atoms with Gasteiger partial charge < -0.3 is 20.1 Å². The van der Waals surface area contributed by atoms with Gasteiger partial charge in [-0.05, 0) is 18.7 Å². The molecule has 0 aliphatic rings. The first-order chi connectivity index (χ1) is 10.3. The lowest BCUT2D eigenvalue weighted by Crippen LogP contribution is -2.26. The van der Waals surface area contributed by atoms with Crippen molar-refractivity contribution in [3.8, 4) is 0 Å². The van der Waals surface area contributed by atoms with Gasteiger partial charge in [-0.3, -0.25) is 9.78 Å². The molecule has 0 saturated heterocycles. The Morgan fingerprint density at radius 2 is 1.95 bits per heavy atom. The predicted octanol–water partition coefficient (Wildman–Crippen LogP) is 0.860. The van der Waals surface area contributed by atoms with Crippen molar-refractivity contribution in [3.05, 3.63) is 29.6 Å². The first-order valence-corrected chi connectivity index (χ1v) is 7.26. The fourth-order valence-corrected chi connectivity index (χ4v) is 1.55. The van der Waals surface area contributed by atoms with Crippen molar-refractivity contribution < 1.29 is 14.3 Å². The molecule has 6 nitrogen and oxygen atoms in total. The molecule has 1 aromatic rings. The van der Waals surface area contributed by atoms with Crippen LogP contribution in [0.3, 0.4) is 0 Å². The molecule has 0 saturated carbocycles. The van der Waals surface area contributed by atoms with E-state index in [0.717, 1.165) is 17.8 Å². The first-order valence-electron chi connectivity index (χ1n) is 7.26. The highest BCUT2D eigenvalue weighted by Gasteiger charge is 1.99. The summed E-state index contributed by atoms with van der Waals surface area (Å²) in [7, 11) is 1.90. The standard InChI is InChI=1S/C15H25N3O3/c1-3-15(19)17-7-9-21-12-14-5-4-13(10-18-14)11-20-8-6-16-2/h4-5,10,16H,3,6-9,11-12H2,1-2H3,(H,17,19). The van der Waals surface area contributed by atoms with E-state index in [1.807, 2.05) is 26.1 Å². The average molecular weight is 295 g/mol. The zero-order chi connectivity index (χ0) is 15.3. The number of ether oxygens (including phenoxy) is 2. The van der Waals surface area contributed by atoms with Crippen molar-refractivity contribution >= 4 is 5.91 Å². The molecular formula is C15H25N3O3. The lowest BCUT2D eigenvalue weighted by molar-refractivity contribution is -0.121. The molecule has 1 amide bonds. The fourth-order valence-electron chi connectivity index (χ4n) is 1.55. The van der Waals surface area contributed by atoms with E-state index < -0.39 is 0 Å². The number of rotatable bonds is 11. The highest BCUT2D eigenvalue weighted by Crippen LogP contribution is 2.03. The number of carbonyl (C=O) groups is 1. The summed E-state index contributed by atoms with van der Waals surface area (Å²) in [6.45, 7) is 5.39. The quantitative estimate of drug-likeness (QED) is 0.592. The van der Waals surface area contributed by atoms with Gasteiger partial charge >= 0.3 is 0 Å². The van der Waals surface area contributed by atoms with Crippen molar-refractivity contribution in [3.63, 3.8) is 0 Å². The number of carbonyl (C=O) groups excluding carboxylic acids is 1.